The highest BCUT2D eigenvalue weighted by atomic mass is 127. The van der Waals surface area contributed by atoms with Crippen molar-refractivity contribution in [3.05, 3.63) is 91.2 Å². The minimum absolute atomic E-state index is 0.178. The van der Waals surface area contributed by atoms with Crippen LogP contribution in [-0.4, -0.2) is 57.0 Å². The molecule has 0 radical (unpaired) electrons. The Balaban J connectivity index is 1.38. The van der Waals surface area contributed by atoms with E-state index in [0.717, 1.165) is 9.13 Å². The van der Waals surface area contributed by atoms with E-state index in [2.05, 4.69) is 43.8 Å². The van der Waals surface area contributed by atoms with E-state index in [1.807, 2.05) is 31.2 Å². The molecule has 1 aliphatic heterocycles. The molecule has 3 aromatic carbocycles. The number of hydrogen-bond acceptors (Lipinski definition) is 10. The quantitative estimate of drug-likeness (QED) is 0.0582. The summed E-state index contributed by atoms with van der Waals surface area (Å²) < 4.78 is 29.0. The lowest BCUT2D eigenvalue weighted by molar-refractivity contribution is -0.136. The Hall–Kier alpha value is -4.21. The van der Waals surface area contributed by atoms with Gasteiger partial charge in [-0.3, -0.25) is 5.43 Å². The summed E-state index contributed by atoms with van der Waals surface area (Å²) in [5.74, 6) is 0.965. The number of nitrogens with zero attached hydrogens (tertiary/aromatic N) is 1. The molecular formula is C32H34ClIN4O8. The van der Waals surface area contributed by atoms with Gasteiger partial charge in [0, 0.05) is 9.27 Å². The fourth-order valence-corrected chi connectivity index (χ4v) is 5.14. The second-order valence-electron chi connectivity index (χ2n) is 9.86. The van der Waals surface area contributed by atoms with Crippen molar-refractivity contribution < 1.29 is 38.4 Å². The molecule has 2 amide bonds. The number of halogens is 2. The number of aliphatic hydroxyl groups excluding tert-OH is 1. The van der Waals surface area contributed by atoms with Crippen LogP contribution in [0.4, 0.5) is 4.79 Å². The van der Waals surface area contributed by atoms with Crippen molar-refractivity contribution in [3.8, 4) is 23.0 Å². The Morgan fingerprint density at radius 1 is 1.09 bits per heavy atom. The zero-order valence-corrected chi connectivity index (χ0v) is 28.5. The van der Waals surface area contributed by atoms with Crippen LogP contribution in [0, 0.1) is 3.57 Å². The smallest absolute Gasteiger partial charge is 0.337 e. The van der Waals surface area contributed by atoms with Crippen LogP contribution in [-0.2, 0) is 16.1 Å². The van der Waals surface area contributed by atoms with E-state index < -0.39 is 24.3 Å². The molecule has 0 unspecified atom stereocenters. The minimum atomic E-state index is -1.18. The van der Waals surface area contributed by atoms with E-state index in [9.17, 15) is 14.7 Å². The van der Waals surface area contributed by atoms with Crippen LogP contribution >= 0.6 is 34.2 Å². The number of esters is 1. The van der Waals surface area contributed by atoms with Crippen molar-refractivity contribution >= 4 is 52.4 Å². The van der Waals surface area contributed by atoms with Crippen LogP contribution in [0.15, 0.2) is 71.0 Å². The highest BCUT2D eigenvalue weighted by Gasteiger charge is 2.32. The van der Waals surface area contributed by atoms with E-state index in [1.54, 1.807) is 37.3 Å². The molecule has 0 aliphatic carbocycles. The fraction of sp³-hybridized carbons (Fsp3) is 0.281. The van der Waals surface area contributed by atoms with Gasteiger partial charge in [-0.1, -0.05) is 29.8 Å². The fourth-order valence-electron chi connectivity index (χ4n) is 4.51. The van der Waals surface area contributed by atoms with Crippen LogP contribution in [0.3, 0.4) is 0 Å². The van der Waals surface area contributed by atoms with Crippen LogP contribution in [0.2, 0.25) is 5.02 Å². The number of urea groups is 1. The molecule has 0 bridgehead atoms. The van der Waals surface area contributed by atoms with E-state index in [-0.39, 0.29) is 12.2 Å². The van der Waals surface area contributed by atoms with Crippen molar-refractivity contribution in [2.24, 2.45) is 5.10 Å². The van der Waals surface area contributed by atoms with Gasteiger partial charge in [0.1, 0.15) is 13.2 Å². The predicted molar refractivity (Wildman–Crippen MR) is 180 cm³/mol. The maximum absolute atomic E-state index is 12.5. The molecule has 4 rings (SSSR count). The van der Waals surface area contributed by atoms with Gasteiger partial charge in [0.15, 0.2) is 29.2 Å². The van der Waals surface area contributed by atoms with Gasteiger partial charge in [-0.05, 0) is 89.5 Å². The summed E-state index contributed by atoms with van der Waals surface area (Å²) in [5.41, 5.74) is 5.43. The maximum Gasteiger partial charge on any atom is 0.337 e. The van der Waals surface area contributed by atoms with Gasteiger partial charge >= 0.3 is 12.0 Å². The number of allylic oxidation sites excluding steroid dienone is 1. The van der Waals surface area contributed by atoms with Crippen molar-refractivity contribution in [3.63, 3.8) is 0 Å². The number of methoxy groups -OCH3 is 2. The third kappa shape index (κ3) is 8.95. The molecule has 0 saturated heterocycles. The third-order valence-corrected chi connectivity index (χ3v) is 7.66. The molecule has 244 valence electrons. The van der Waals surface area contributed by atoms with Crippen molar-refractivity contribution in [1.29, 1.82) is 0 Å². The topological polar surface area (TPSA) is 149 Å². The summed E-state index contributed by atoms with van der Waals surface area (Å²) in [6.07, 6.45) is 0.294. The van der Waals surface area contributed by atoms with E-state index >= 15 is 0 Å². The minimum Gasteiger partial charge on any atom is -0.493 e. The van der Waals surface area contributed by atoms with Crippen LogP contribution < -0.4 is 35.0 Å². The number of carbonyl (C=O) groups excluding carboxylic acids is 2. The number of rotatable bonds is 14. The molecule has 12 nitrogen and oxygen atoms in total. The highest BCUT2D eigenvalue weighted by Crippen LogP contribution is 2.37. The maximum atomic E-state index is 12.5. The van der Waals surface area contributed by atoms with Crippen molar-refractivity contribution in [2.75, 3.05) is 27.4 Å². The zero-order chi connectivity index (χ0) is 33.2. The van der Waals surface area contributed by atoms with Gasteiger partial charge in [0.05, 0.1) is 43.7 Å². The lowest BCUT2D eigenvalue weighted by atomic mass is 9.95. The molecule has 0 spiro atoms. The number of hydrogen-bond donors (Lipinski definition) is 4. The standard InChI is InChI=1S/C32H34ClIN4O8/c1-5-44-25-14-21(29-28(31(40)43-4)18(2)36-32(41)37-29)8-11-24(25)45-17-27(39)38-35-15-20-12-23(33)30(26(13-20)42-3)46-16-19-6-9-22(34)10-7-19/h6-15,27,29,38-39H,5,16-17H2,1-4H3,(H2,36,37,41)/b35-15-/t27-,29+/m0/s1. The van der Waals surface area contributed by atoms with Gasteiger partial charge < -0.3 is 39.4 Å². The molecule has 3 aromatic rings. The summed E-state index contributed by atoms with van der Waals surface area (Å²) in [6.45, 7) is 3.90. The number of hydrazone groups is 1. The molecule has 46 heavy (non-hydrogen) atoms. The first-order valence-electron chi connectivity index (χ1n) is 14.1. The van der Waals surface area contributed by atoms with Crippen molar-refractivity contribution in [2.45, 2.75) is 32.7 Å². The molecular weight excluding hydrogens is 731 g/mol. The predicted octanol–water partition coefficient (Wildman–Crippen LogP) is 5.05. The molecule has 0 aromatic heterocycles. The Bertz CT molecular complexity index is 1620. The number of amides is 2. The van der Waals surface area contributed by atoms with E-state index in [0.29, 0.717) is 58.1 Å². The molecule has 4 N–H and O–H groups in total. The average Bonchev–Trinajstić information content (AvgIpc) is 3.03. The highest BCUT2D eigenvalue weighted by molar-refractivity contribution is 14.1. The SMILES string of the molecule is CCOc1cc([C@H]2NC(=O)NC(C)=C2C(=O)OC)ccc1OC[C@H](O)N/N=C\c1cc(Cl)c(OCc2ccc(I)cc2)c(OC)c1. The average molecular weight is 765 g/mol. The normalized spacial score (nSPS) is 15.1. The monoisotopic (exact) mass is 764 g/mol. The van der Waals surface area contributed by atoms with Crippen LogP contribution in [0.5, 0.6) is 23.0 Å². The van der Waals surface area contributed by atoms with Gasteiger partial charge in [0.2, 0.25) is 0 Å². The second kappa shape index (κ2) is 16.4. The summed E-state index contributed by atoms with van der Waals surface area (Å²) in [5, 5.41) is 20.2. The van der Waals surface area contributed by atoms with Gasteiger partial charge in [-0.2, -0.15) is 5.10 Å². The van der Waals surface area contributed by atoms with Crippen molar-refractivity contribution in [1.82, 2.24) is 16.1 Å². The lowest BCUT2D eigenvalue weighted by Gasteiger charge is -2.28. The molecule has 1 aliphatic rings. The van der Waals surface area contributed by atoms with Crippen LogP contribution in [0.1, 0.15) is 36.6 Å². The lowest BCUT2D eigenvalue weighted by Crippen LogP contribution is -2.45. The largest absolute Gasteiger partial charge is 0.493 e. The Morgan fingerprint density at radius 2 is 1.85 bits per heavy atom. The Kier molecular flexibility index (Phi) is 12.3. The zero-order valence-electron chi connectivity index (χ0n) is 25.6. The van der Waals surface area contributed by atoms with Gasteiger partial charge in [-0.15, -0.1) is 0 Å². The second-order valence-corrected chi connectivity index (χ2v) is 11.5. The molecule has 14 heteroatoms. The molecule has 1 heterocycles. The summed E-state index contributed by atoms with van der Waals surface area (Å²) >= 11 is 8.73. The van der Waals surface area contributed by atoms with Gasteiger partial charge in [0.25, 0.3) is 0 Å². The number of carbonyl (C=O) groups is 2. The summed E-state index contributed by atoms with van der Waals surface area (Å²) in [6, 6.07) is 15.1. The van der Waals surface area contributed by atoms with Gasteiger partial charge in [-0.25, -0.2) is 9.59 Å². The summed E-state index contributed by atoms with van der Waals surface area (Å²) in [7, 11) is 2.79. The molecule has 0 saturated carbocycles. The number of aliphatic hydroxyl groups is 1. The first kappa shape index (κ1) is 34.7. The summed E-state index contributed by atoms with van der Waals surface area (Å²) in [4.78, 5) is 24.6. The Labute approximate surface area is 285 Å². The molecule has 2 atom stereocenters. The third-order valence-electron chi connectivity index (χ3n) is 6.66. The number of ether oxygens (including phenoxy) is 5. The number of nitrogens with one attached hydrogen (secondary N) is 3. The Morgan fingerprint density at radius 3 is 2.54 bits per heavy atom. The number of benzene rings is 3. The first-order chi connectivity index (χ1) is 22.1. The van der Waals surface area contributed by atoms with E-state index in [1.165, 1.54) is 20.4 Å². The van der Waals surface area contributed by atoms with Crippen LogP contribution in [0.25, 0.3) is 0 Å². The molecule has 0 fully saturated rings. The van der Waals surface area contributed by atoms with E-state index in [4.69, 9.17) is 35.3 Å². The first-order valence-corrected chi connectivity index (χ1v) is 15.6.